The second-order valence-electron chi connectivity index (χ2n) is 9.61. The van der Waals surface area contributed by atoms with Gasteiger partial charge in [0.15, 0.2) is 0 Å². The number of fused-ring (bicyclic) bond motifs is 4. The van der Waals surface area contributed by atoms with E-state index in [4.69, 9.17) is 11.6 Å². The Morgan fingerprint density at radius 2 is 2.02 bits per heavy atom. The van der Waals surface area contributed by atoms with Gasteiger partial charge in [-0.3, -0.25) is 10.1 Å². The number of carbonyl (C=O) groups excluding carboxylic acids is 3. The molecule has 0 saturated carbocycles. The molecule has 41 heavy (non-hydrogen) atoms. The lowest BCUT2D eigenvalue weighted by molar-refractivity contribution is -0.116. The molecule has 2 unspecified atom stereocenters. The van der Waals surface area contributed by atoms with Crippen LogP contribution in [-0.2, 0) is 9.53 Å². The molecule has 1 aromatic heterocycles. The molecule has 2 bridgehead atoms. The van der Waals surface area contributed by atoms with Gasteiger partial charge in [-0.05, 0) is 49.6 Å². The van der Waals surface area contributed by atoms with Gasteiger partial charge in [0.2, 0.25) is 5.91 Å². The van der Waals surface area contributed by atoms with Crippen molar-refractivity contribution in [1.29, 1.82) is 0 Å². The summed E-state index contributed by atoms with van der Waals surface area (Å²) in [6.07, 6.45) is 5.97. The highest BCUT2D eigenvalue weighted by Crippen LogP contribution is 2.35. The van der Waals surface area contributed by atoms with Crippen LogP contribution in [0.4, 0.5) is 29.7 Å². The Morgan fingerprint density at radius 1 is 1.20 bits per heavy atom. The maximum absolute atomic E-state index is 14.7. The fourth-order valence-corrected chi connectivity index (χ4v) is 5.14. The van der Waals surface area contributed by atoms with Crippen LogP contribution in [0.15, 0.2) is 48.7 Å². The van der Waals surface area contributed by atoms with Gasteiger partial charge < -0.3 is 25.3 Å². The van der Waals surface area contributed by atoms with Gasteiger partial charge in [-0.2, -0.15) is 0 Å². The molecule has 10 nitrogen and oxygen atoms in total. The van der Waals surface area contributed by atoms with E-state index in [-0.39, 0.29) is 35.9 Å². The molecule has 214 valence electrons. The lowest BCUT2D eigenvalue weighted by atomic mass is 9.99. The zero-order valence-electron chi connectivity index (χ0n) is 22.0. The average Bonchev–Trinajstić information content (AvgIpc) is 3.43. The molecule has 2 aliphatic rings. The standard InChI is InChI=1S/C28H27ClF2N6O4/c1-41-28(40)33-15-7-8-16-20(13-15)34-23(38)6-4-2-3-5-22(26-32-14-21(16)35-26)37-12-11-19(36-27(37)39)24-18(30)10-9-17(29)25(24)31/h2-3,7-10,13-14,19,22H,4-6,11-12H2,1H3,(H,32,35)(H,33,40)(H,34,38)(H,36,39)/b3-2+. The Kier molecular flexibility index (Phi) is 8.20. The molecule has 3 aromatic rings. The van der Waals surface area contributed by atoms with E-state index >= 15 is 0 Å². The van der Waals surface area contributed by atoms with Crippen LogP contribution in [-0.4, -0.2) is 46.6 Å². The summed E-state index contributed by atoms with van der Waals surface area (Å²) in [5.74, 6) is -1.40. The summed E-state index contributed by atoms with van der Waals surface area (Å²) in [6.45, 7) is 0.204. The lowest BCUT2D eigenvalue weighted by Gasteiger charge is -2.37. The molecule has 1 fully saturated rings. The first-order chi connectivity index (χ1) is 19.7. The number of H-pyrrole nitrogens is 1. The summed E-state index contributed by atoms with van der Waals surface area (Å²) in [5, 5.41) is 7.96. The van der Waals surface area contributed by atoms with Gasteiger partial charge in [0.25, 0.3) is 0 Å². The number of methoxy groups -OCH3 is 1. The van der Waals surface area contributed by atoms with Gasteiger partial charge in [0, 0.05) is 29.8 Å². The maximum Gasteiger partial charge on any atom is 0.411 e. The molecule has 2 atom stereocenters. The van der Waals surface area contributed by atoms with Crippen molar-refractivity contribution in [1.82, 2.24) is 20.2 Å². The summed E-state index contributed by atoms with van der Waals surface area (Å²) in [6, 6.07) is 5.30. The fourth-order valence-electron chi connectivity index (χ4n) is 4.98. The van der Waals surface area contributed by atoms with E-state index in [1.54, 1.807) is 29.3 Å². The molecule has 5 rings (SSSR count). The molecule has 0 radical (unpaired) electrons. The van der Waals surface area contributed by atoms with Gasteiger partial charge in [-0.15, -0.1) is 0 Å². The second kappa shape index (κ2) is 12.0. The van der Waals surface area contributed by atoms with Crippen molar-refractivity contribution < 1.29 is 27.9 Å². The Balaban J connectivity index is 1.44. The lowest BCUT2D eigenvalue weighted by Crippen LogP contribution is -2.49. The second-order valence-corrected chi connectivity index (χ2v) is 10.0. The van der Waals surface area contributed by atoms with Gasteiger partial charge in [-0.1, -0.05) is 23.8 Å². The third-order valence-corrected chi connectivity index (χ3v) is 7.30. The van der Waals surface area contributed by atoms with Crippen LogP contribution in [0.2, 0.25) is 5.02 Å². The maximum atomic E-state index is 14.7. The van der Waals surface area contributed by atoms with E-state index < -0.39 is 35.8 Å². The summed E-state index contributed by atoms with van der Waals surface area (Å²) in [4.78, 5) is 47.0. The average molecular weight is 585 g/mol. The number of benzene rings is 2. The monoisotopic (exact) mass is 584 g/mol. The molecule has 0 spiro atoms. The van der Waals surface area contributed by atoms with E-state index in [9.17, 15) is 23.2 Å². The van der Waals surface area contributed by atoms with E-state index in [0.29, 0.717) is 41.3 Å². The van der Waals surface area contributed by atoms with Gasteiger partial charge in [0.05, 0.1) is 41.8 Å². The molecule has 4 amide bonds. The van der Waals surface area contributed by atoms with E-state index in [1.165, 1.54) is 7.11 Å². The summed E-state index contributed by atoms with van der Waals surface area (Å²) >= 11 is 5.86. The largest absolute Gasteiger partial charge is 0.453 e. The SMILES string of the molecule is COC(=O)Nc1ccc2c(c1)NC(=O)CC/C=C/CC(N1CCC(c3c(F)ccc(Cl)c3F)NC1=O)c1ncc-2[nH]1. The first-order valence-electron chi connectivity index (χ1n) is 12.9. The van der Waals surface area contributed by atoms with Crippen LogP contribution in [0, 0.1) is 11.6 Å². The number of nitrogens with zero attached hydrogens (tertiary/aromatic N) is 2. The third-order valence-electron chi connectivity index (χ3n) is 7.01. The number of halogens is 3. The van der Waals surface area contributed by atoms with Crippen molar-refractivity contribution in [2.75, 3.05) is 24.3 Å². The number of imidazole rings is 1. The molecule has 2 aromatic carbocycles. The predicted octanol–water partition coefficient (Wildman–Crippen LogP) is 6.06. The zero-order valence-corrected chi connectivity index (χ0v) is 22.7. The van der Waals surface area contributed by atoms with Crippen molar-refractivity contribution in [3.63, 3.8) is 0 Å². The van der Waals surface area contributed by atoms with Crippen LogP contribution >= 0.6 is 11.6 Å². The molecule has 0 aliphatic carbocycles. The Morgan fingerprint density at radius 3 is 2.80 bits per heavy atom. The number of aromatic nitrogens is 2. The molecule has 2 aliphatic heterocycles. The Labute approximate surface area is 239 Å². The minimum absolute atomic E-state index is 0.204. The minimum Gasteiger partial charge on any atom is -0.453 e. The number of hydrogen-bond acceptors (Lipinski definition) is 5. The topological polar surface area (TPSA) is 128 Å². The molecule has 13 heteroatoms. The van der Waals surface area contributed by atoms with Crippen molar-refractivity contribution in [3.8, 4) is 11.3 Å². The van der Waals surface area contributed by atoms with Crippen molar-refractivity contribution in [3.05, 3.63) is 76.7 Å². The van der Waals surface area contributed by atoms with Gasteiger partial charge >= 0.3 is 12.1 Å². The quantitative estimate of drug-likeness (QED) is 0.220. The number of nitrogens with one attached hydrogen (secondary N) is 4. The van der Waals surface area contributed by atoms with E-state index in [2.05, 4.69) is 30.7 Å². The van der Waals surface area contributed by atoms with Crippen LogP contribution in [0.25, 0.3) is 11.3 Å². The Hall–Kier alpha value is -4.45. The number of urea groups is 1. The number of hydrogen-bond donors (Lipinski definition) is 4. The number of aromatic amines is 1. The number of allylic oxidation sites excluding steroid dienone is 1. The molecule has 3 heterocycles. The van der Waals surface area contributed by atoms with E-state index in [1.807, 2.05) is 12.2 Å². The van der Waals surface area contributed by atoms with Crippen LogP contribution in [0.1, 0.15) is 49.2 Å². The summed E-state index contributed by atoms with van der Waals surface area (Å²) < 4.78 is 33.8. The van der Waals surface area contributed by atoms with E-state index in [0.717, 1.165) is 12.1 Å². The predicted molar refractivity (Wildman–Crippen MR) is 148 cm³/mol. The third kappa shape index (κ3) is 6.02. The first kappa shape index (κ1) is 28.1. The first-order valence-corrected chi connectivity index (χ1v) is 13.3. The zero-order chi connectivity index (χ0) is 29.1. The van der Waals surface area contributed by atoms with Gasteiger partial charge in [-0.25, -0.2) is 23.4 Å². The highest BCUT2D eigenvalue weighted by atomic mass is 35.5. The summed E-state index contributed by atoms with van der Waals surface area (Å²) in [5.41, 5.74) is 1.79. The minimum atomic E-state index is -0.891. The summed E-state index contributed by atoms with van der Waals surface area (Å²) in [7, 11) is 1.25. The number of amides is 4. The number of anilines is 2. The van der Waals surface area contributed by atoms with Crippen LogP contribution in [0.3, 0.4) is 0 Å². The van der Waals surface area contributed by atoms with Crippen LogP contribution < -0.4 is 16.0 Å². The smallest absolute Gasteiger partial charge is 0.411 e. The molecular weight excluding hydrogens is 558 g/mol. The van der Waals surface area contributed by atoms with Gasteiger partial charge in [0.1, 0.15) is 17.5 Å². The number of carbonyl (C=O) groups is 3. The number of rotatable bonds is 3. The Bertz CT molecular complexity index is 1530. The molecular formula is C28H27ClF2N6O4. The molecule has 4 N–H and O–H groups in total. The van der Waals surface area contributed by atoms with Crippen molar-refractivity contribution in [2.24, 2.45) is 0 Å². The fraction of sp³-hybridized carbons (Fsp3) is 0.286. The molecule has 1 saturated heterocycles. The highest BCUT2D eigenvalue weighted by Gasteiger charge is 2.35. The van der Waals surface area contributed by atoms with Crippen molar-refractivity contribution in [2.45, 2.75) is 37.8 Å². The highest BCUT2D eigenvalue weighted by molar-refractivity contribution is 6.30. The van der Waals surface area contributed by atoms with Crippen LogP contribution in [0.5, 0.6) is 0 Å². The number of ether oxygens (including phenoxy) is 1. The van der Waals surface area contributed by atoms with Crippen molar-refractivity contribution >= 4 is 41.0 Å². The normalized spacial score (nSPS) is 20.0.